The summed E-state index contributed by atoms with van der Waals surface area (Å²) in [6.45, 7) is 0. The van der Waals surface area contributed by atoms with E-state index in [0.717, 1.165) is 27.6 Å². The number of sulfonamides is 1. The Kier molecular flexibility index (Phi) is 5.47. The highest BCUT2D eigenvalue weighted by molar-refractivity contribution is 7.92. The van der Waals surface area contributed by atoms with Gasteiger partial charge in [0.2, 0.25) is 0 Å². The topological polar surface area (TPSA) is 132 Å². The lowest BCUT2D eigenvalue weighted by Gasteiger charge is -2.34. The lowest BCUT2D eigenvalue weighted by atomic mass is 10.2. The van der Waals surface area contributed by atoms with Gasteiger partial charge >= 0.3 is 5.97 Å². The summed E-state index contributed by atoms with van der Waals surface area (Å²) in [4.78, 5) is 10.6. The van der Waals surface area contributed by atoms with Crippen LogP contribution in [0.1, 0.15) is 10.4 Å². The van der Waals surface area contributed by atoms with E-state index < -0.39 is 54.4 Å². The number of rotatable bonds is 5. The molecule has 0 bridgehead atoms. The van der Waals surface area contributed by atoms with Gasteiger partial charge in [0.05, 0.1) is 34.2 Å². The minimum absolute atomic E-state index is 0.216. The van der Waals surface area contributed by atoms with Crippen LogP contribution in [-0.2, 0) is 19.9 Å². The van der Waals surface area contributed by atoms with Crippen LogP contribution in [0.15, 0.2) is 23.1 Å². The molecule has 1 aliphatic rings. The predicted octanol–water partition coefficient (Wildman–Crippen LogP) is -0.337. The van der Waals surface area contributed by atoms with Crippen molar-refractivity contribution < 1.29 is 31.8 Å². The summed E-state index contributed by atoms with van der Waals surface area (Å²) in [5, 5.41) is 20.0. The van der Waals surface area contributed by atoms with Gasteiger partial charge in [-0.3, -0.25) is 0 Å². The second kappa shape index (κ2) is 6.82. The van der Waals surface area contributed by atoms with Gasteiger partial charge in [-0.15, -0.1) is 4.41 Å². The molecule has 0 spiro atoms. The quantitative estimate of drug-likeness (QED) is 0.628. The van der Waals surface area contributed by atoms with Crippen molar-refractivity contribution in [2.24, 2.45) is 0 Å². The van der Waals surface area contributed by atoms with E-state index in [2.05, 4.69) is 0 Å². The van der Waals surface area contributed by atoms with Crippen molar-refractivity contribution in [3.8, 4) is 0 Å². The molecule has 25 heavy (non-hydrogen) atoms. The van der Waals surface area contributed by atoms with Gasteiger partial charge in [0, 0.05) is 14.1 Å². The maximum atomic E-state index is 13.0. The number of aromatic carboxylic acids is 1. The van der Waals surface area contributed by atoms with E-state index in [-0.39, 0.29) is 10.6 Å². The number of hydrogen-bond acceptors (Lipinski definition) is 7. The third kappa shape index (κ3) is 3.96. The first kappa shape index (κ1) is 20.1. The molecule has 0 aromatic heterocycles. The van der Waals surface area contributed by atoms with Gasteiger partial charge in [-0.05, 0) is 18.2 Å². The number of carboxylic acids is 1. The highest BCUT2D eigenvalue weighted by atomic mass is 35.5. The van der Waals surface area contributed by atoms with Crippen LogP contribution in [0.2, 0.25) is 5.02 Å². The molecule has 0 saturated carbocycles. The Labute approximate surface area is 150 Å². The van der Waals surface area contributed by atoms with E-state index in [0.29, 0.717) is 0 Å². The van der Waals surface area contributed by atoms with E-state index in [1.54, 1.807) is 0 Å². The Balaban J connectivity index is 2.59. The minimum atomic E-state index is -4.41. The van der Waals surface area contributed by atoms with Crippen molar-refractivity contribution in [1.82, 2.24) is 9.42 Å². The fraction of sp³-hybridized carbons (Fsp3) is 0.462. The van der Waals surface area contributed by atoms with E-state index >= 15 is 0 Å². The van der Waals surface area contributed by atoms with Gasteiger partial charge in [0.15, 0.2) is 9.84 Å². The van der Waals surface area contributed by atoms with E-state index in [9.17, 15) is 26.7 Å². The summed E-state index contributed by atoms with van der Waals surface area (Å²) >= 11 is 5.94. The first-order valence-electron chi connectivity index (χ1n) is 7.00. The van der Waals surface area contributed by atoms with E-state index in [1.165, 1.54) is 14.1 Å². The monoisotopic (exact) mass is 412 g/mol. The van der Waals surface area contributed by atoms with Crippen molar-refractivity contribution in [2.45, 2.75) is 17.0 Å². The second-order valence-corrected chi connectivity index (χ2v) is 10.1. The van der Waals surface area contributed by atoms with E-state index in [4.69, 9.17) is 16.7 Å². The summed E-state index contributed by atoms with van der Waals surface area (Å²) in [6.07, 6.45) is -1.41. The molecule has 1 saturated heterocycles. The number of hydrazine groups is 1. The number of halogens is 1. The molecule has 1 aromatic carbocycles. The Bertz CT molecular complexity index is 899. The first-order valence-corrected chi connectivity index (χ1v) is 10.6. The highest BCUT2D eigenvalue weighted by Crippen LogP contribution is 2.30. The van der Waals surface area contributed by atoms with Crippen molar-refractivity contribution in [1.29, 1.82) is 0 Å². The fourth-order valence-corrected chi connectivity index (χ4v) is 6.71. The number of benzene rings is 1. The summed E-state index contributed by atoms with van der Waals surface area (Å²) in [5.41, 5.74) is -0.290. The maximum absolute atomic E-state index is 13.0. The zero-order valence-electron chi connectivity index (χ0n) is 13.3. The van der Waals surface area contributed by atoms with Crippen LogP contribution >= 0.6 is 11.6 Å². The predicted molar refractivity (Wildman–Crippen MR) is 89.6 cm³/mol. The zero-order chi connectivity index (χ0) is 19.2. The Morgan fingerprint density at radius 1 is 1.28 bits per heavy atom. The average Bonchev–Trinajstić information content (AvgIpc) is 2.71. The molecular weight excluding hydrogens is 396 g/mol. The molecule has 0 amide bonds. The third-order valence-electron chi connectivity index (χ3n) is 3.67. The Morgan fingerprint density at radius 3 is 2.32 bits per heavy atom. The molecule has 1 aliphatic heterocycles. The number of nitrogens with zero attached hydrogens (tertiary/aromatic N) is 2. The summed E-state index contributed by atoms with van der Waals surface area (Å²) < 4.78 is 50.2. The number of carbonyl (C=O) groups is 1. The van der Waals surface area contributed by atoms with E-state index in [1.807, 2.05) is 0 Å². The second-order valence-electron chi connectivity index (χ2n) is 5.79. The van der Waals surface area contributed by atoms with Crippen LogP contribution in [0.3, 0.4) is 0 Å². The van der Waals surface area contributed by atoms with Gasteiger partial charge in [0.25, 0.3) is 10.0 Å². The molecule has 0 radical (unpaired) electrons. The van der Waals surface area contributed by atoms with Crippen LogP contribution in [0.4, 0.5) is 0 Å². The normalized spacial score (nSPS) is 23.3. The van der Waals surface area contributed by atoms with Gasteiger partial charge in [0.1, 0.15) is 4.90 Å². The molecule has 0 aliphatic carbocycles. The summed E-state index contributed by atoms with van der Waals surface area (Å²) in [5.74, 6) is -2.45. The van der Waals surface area contributed by atoms with Crippen molar-refractivity contribution in [2.75, 3.05) is 25.6 Å². The molecule has 2 rings (SSSR count). The van der Waals surface area contributed by atoms with Crippen molar-refractivity contribution >= 4 is 37.4 Å². The molecule has 140 valence electrons. The van der Waals surface area contributed by atoms with Crippen molar-refractivity contribution in [3.05, 3.63) is 28.8 Å². The first-order chi connectivity index (χ1) is 11.4. The number of sulfone groups is 1. The van der Waals surface area contributed by atoms with Gasteiger partial charge < -0.3 is 10.2 Å². The lowest BCUT2D eigenvalue weighted by Crippen LogP contribution is -2.53. The molecule has 12 heteroatoms. The van der Waals surface area contributed by atoms with Crippen LogP contribution in [0.25, 0.3) is 0 Å². The highest BCUT2D eigenvalue weighted by Gasteiger charge is 2.46. The molecule has 1 fully saturated rings. The molecule has 1 heterocycles. The molecule has 2 atom stereocenters. The van der Waals surface area contributed by atoms with Crippen LogP contribution < -0.4 is 0 Å². The van der Waals surface area contributed by atoms with Gasteiger partial charge in [-0.1, -0.05) is 11.6 Å². The number of aliphatic hydroxyl groups is 1. The number of aliphatic hydroxyl groups excluding tert-OH is 1. The molecular formula is C13H17ClN2O7S2. The third-order valence-corrected chi connectivity index (χ3v) is 7.80. The molecule has 9 nitrogen and oxygen atoms in total. The maximum Gasteiger partial charge on any atom is 0.335 e. The molecule has 0 unspecified atom stereocenters. The smallest absolute Gasteiger partial charge is 0.335 e. The summed E-state index contributed by atoms with van der Waals surface area (Å²) in [6, 6.07) is 1.94. The lowest BCUT2D eigenvalue weighted by molar-refractivity contribution is 0.0272. The molecule has 1 aromatic rings. The number of hydrogen-bond donors (Lipinski definition) is 2. The number of carboxylic acid groups (broad SMARTS) is 1. The zero-order valence-corrected chi connectivity index (χ0v) is 15.7. The average molecular weight is 413 g/mol. The standard InChI is InChI=1S/C13H17ClN2O7S2/c1-15(2)16(10-6-24(20,21)7-11(10)17)25(22,23)12-5-8(13(18)19)3-4-9(12)14/h3-5,10-11,17H,6-7H2,1-2H3,(H,18,19)/t10-,11+/m0/s1. The van der Waals surface area contributed by atoms with Crippen LogP contribution in [0, 0.1) is 0 Å². The van der Waals surface area contributed by atoms with Crippen molar-refractivity contribution in [3.63, 3.8) is 0 Å². The SMILES string of the molecule is CN(C)N([C@H]1CS(=O)(=O)C[C@H]1O)S(=O)(=O)c1cc(C(=O)O)ccc1Cl. The molecule has 2 N–H and O–H groups in total. The fourth-order valence-electron chi connectivity index (χ4n) is 2.65. The van der Waals surface area contributed by atoms with Crippen LogP contribution in [0.5, 0.6) is 0 Å². The Hall–Kier alpha value is -1.24. The minimum Gasteiger partial charge on any atom is -0.478 e. The van der Waals surface area contributed by atoms with Gasteiger partial charge in [-0.25, -0.2) is 26.6 Å². The van der Waals surface area contributed by atoms with Gasteiger partial charge in [-0.2, -0.15) is 0 Å². The Morgan fingerprint density at radius 2 is 1.88 bits per heavy atom. The van der Waals surface area contributed by atoms with Crippen LogP contribution in [-0.4, -0.2) is 80.2 Å². The summed E-state index contributed by atoms with van der Waals surface area (Å²) in [7, 11) is -5.29. The largest absolute Gasteiger partial charge is 0.478 e.